The standard InChI is InChI=1S/2C29H44O3S/c2*1-18-14-20(3)24-17-33(31,32)28(23(24)15-18)16-22-6-5-13-29(4)25(10-11-26(22)29)19(2)7-12-27(30)21-8-9-21/h2*7,12,16,18-21,25-28,30H,5-6,8-11,13-15,17H2,1-4H3/b2*12-7+,22-16+/t18-,19+,20-,25-,26-,27+,28+,29+;18-,19+,20-,25-,26-,27+,28-,29+/m00/s1. The molecule has 2 aliphatic heterocycles. The maximum atomic E-state index is 13.3. The van der Waals surface area contributed by atoms with Gasteiger partial charge in [0.05, 0.1) is 23.7 Å². The van der Waals surface area contributed by atoms with Crippen LogP contribution in [0.5, 0.6) is 0 Å². The van der Waals surface area contributed by atoms with Gasteiger partial charge in [0.1, 0.15) is 10.5 Å². The largest absolute Gasteiger partial charge is 0.389 e. The lowest BCUT2D eigenvalue weighted by Crippen LogP contribution is -2.36. The van der Waals surface area contributed by atoms with Crippen LogP contribution in [0.3, 0.4) is 0 Å². The van der Waals surface area contributed by atoms with E-state index in [1.54, 1.807) is 0 Å². The summed E-state index contributed by atoms with van der Waals surface area (Å²) in [5.74, 6) is 6.70. The molecule has 0 aromatic carbocycles. The molecule has 2 N–H and O–H groups in total. The van der Waals surface area contributed by atoms with Gasteiger partial charge in [-0.15, -0.1) is 0 Å². The van der Waals surface area contributed by atoms with E-state index in [0.717, 1.165) is 64.2 Å². The lowest BCUT2D eigenvalue weighted by molar-refractivity contribution is 0.111. The van der Waals surface area contributed by atoms with Crippen molar-refractivity contribution in [3.63, 3.8) is 0 Å². The fraction of sp³-hybridized carbons (Fsp3) is 0.793. The molecule has 10 aliphatic rings. The number of rotatable bonds is 10. The molecule has 0 radical (unpaired) electrons. The van der Waals surface area contributed by atoms with Gasteiger partial charge in [0, 0.05) is 0 Å². The molecule has 0 spiro atoms. The van der Waals surface area contributed by atoms with Crippen LogP contribution >= 0.6 is 0 Å². The van der Waals surface area contributed by atoms with Crippen LogP contribution in [-0.4, -0.2) is 61.3 Å². The van der Waals surface area contributed by atoms with Gasteiger partial charge in [0.2, 0.25) is 0 Å². The fourth-order valence-corrected chi connectivity index (χ4v) is 20.8. The minimum absolute atomic E-state index is 0.241. The average Bonchev–Trinajstić information content (AvgIpc) is 4.17. The van der Waals surface area contributed by atoms with Gasteiger partial charge >= 0.3 is 0 Å². The summed E-state index contributed by atoms with van der Waals surface area (Å²) in [5, 5.41) is 19.9. The van der Waals surface area contributed by atoms with Crippen molar-refractivity contribution in [1.29, 1.82) is 0 Å². The Kier molecular flexibility index (Phi) is 14.0. The van der Waals surface area contributed by atoms with Gasteiger partial charge in [-0.2, -0.15) is 0 Å². The lowest BCUT2D eigenvalue weighted by Gasteiger charge is -2.44. The van der Waals surface area contributed by atoms with Crippen LogP contribution in [0.25, 0.3) is 0 Å². The second-order valence-electron chi connectivity index (χ2n) is 25.3. The van der Waals surface area contributed by atoms with Crippen LogP contribution in [0.15, 0.2) is 69.9 Å². The van der Waals surface area contributed by atoms with Crippen molar-refractivity contribution in [2.24, 2.45) is 81.8 Å². The summed E-state index contributed by atoms with van der Waals surface area (Å²) in [5.41, 5.74) is 8.34. The summed E-state index contributed by atoms with van der Waals surface area (Å²) in [7, 11) is -6.23. The Bertz CT molecular complexity index is 2100. The van der Waals surface area contributed by atoms with E-state index in [1.165, 1.54) is 84.8 Å². The van der Waals surface area contributed by atoms with Crippen LogP contribution in [-0.2, 0) is 19.7 Å². The smallest absolute Gasteiger partial charge is 0.164 e. The van der Waals surface area contributed by atoms with Crippen molar-refractivity contribution in [2.45, 2.75) is 194 Å². The summed E-state index contributed by atoms with van der Waals surface area (Å²) in [6.45, 7) is 18.6. The number of fused-ring (bicyclic) bond motifs is 2. The minimum Gasteiger partial charge on any atom is -0.389 e. The third-order valence-corrected chi connectivity index (χ3v) is 24.2. The molecule has 0 aromatic rings. The van der Waals surface area contributed by atoms with E-state index in [1.807, 2.05) is 0 Å². The Morgan fingerprint density at radius 2 is 0.924 bits per heavy atom. The van der Waals surface area contributed by atoms with E-state index in [9.17, 15) is 27.0 Å². The Hall–Kier alpha value is -1.74. The molecule has 368 valence electrons. The molecule has 8 aliphatic carbocycles. The van der Waals surface area contributed by atoms with Crippen LogP contribution in [0, 0.1) is 81.8 Å². The first-order chi connectivity index (χ1) is 31.2. The molecule has 0 unspecified atom stereocenters. The van der Waals surface area contributed by atoms with Crippen molar-refractivity contribution >= 4 is 19.7 Å². The third kappa shape index (κ3) is 9.57. The van der Waals surface area contributed by atoms with Gasteiger partial charge in [0.15, 0.2) is 19.7 Å². The molecule has 0 bridgehead atoms. The average molecular weight is 945 g/mol. The Balaban J connectivity index is 0.000000166. The van der Waals surface area contributed by atoms with E-state index in [0.29, 0.717) is 82.5 Å². The number of allylic oxidation sites excluding steroid dienone is 4. The van der Waals surface area contributed by atoms with Crippen molar-refractivity contribution in [3.05, 3.63) is 69.9 Å². The van der Waals surface area contributed by atoms with Crippen molar-refractivity contribution in [3.8, 4) is 0 Å². The van der Waals surface area contributed by atoms with Gasteiger partial charge in [0.25, 0.3) is 0 Å². The topological polar surface area (TPSA) is 109 Å². The number of hydrogen-bond acceptors (Lipinski definition) is 6. The minimum atomic E-state index is -3.11. The van der Waals surface area contributed by atoms with E-state index in [-0.39, 0.29) is 33.5 Å². The molecule has 66 heavy (non-hydrogen) atoms. The highest BCUT2D eigenvalue weighted by Gasteiger charge is 2.53. The zero-order chi connectivity index (χ0) is 47.1. The molecule has 6 fully saturated rings. The molecular weight excluding hydrogens is 857 g/mol. The molecule has 6 saturated carbocycles. The maximum Gasteiger partial charge on any atom is 0.164 e. The van der Waals surface area contributed by atoms with Gasteiger partial charge < -0.3 is 10.2 Å². The van der Waals surface area contributed by atoms with Gasteiger partial charge in [-0.1, -0.05) is 114 Å². The molecule has 8 heteroatoms. The van der Waals surface area contributed by atoms with Crippen LogP contribution in [0.2, 0.25) is 0 Å². The second-order valence-corrected chi connectivity index (χ2v) is 29.5. The van der Waals surface area contributed by atoms with Crippen molar-refractivity contribution < 1.29 is 27.0 Å². The third-order valence-electron chi connectivity index (χ3n) is 20.3. The molecule has 10 rings (SSSR count). The predicted molar refractivity (Wildman–Crippen MR) is 271 cm³/mol. The highest BCUT2D eigenvalue weighted by molar-refractivity contribution is 7.93. The molecule has 2 heterocycles. The zero-order valence-electron chi connectivity index (χ0n) is 42.2. The molecule has 0 saturated heterocycles. The van der Waals surface area contributed by atoms with Crippen molar-refractivity contribution in [2.75, 3.05) is 11.5 Å². The van der Waals surface area contributed by atoms with Gasteiger partial charge in [-0.25, -0.2) is 16.8 Å². The normalized spacial score (nSPS) is 43.7. The zero-order valence-corrected chi connectivity index (χ0v) is 43.8. The van der Waals surface area contributed by atoms with Gasteiger partial charge in [-0.3, -0.25) is 0 Å². The number of aliphatic hydroxyl groups is 2. The van der Waals surface area contributed by atoms with Gasteiger partial charge in [-0.05, 0) is 209 Å². The highest BCUT2D eigenvalue weighted by atomic mass is 32.2. The monoisotopic (exact) mass is 945 g/mol. The first kappa shape index (κ1) is 49.2. The highest BCUT2D eigenvalue weighted by Crippen LogP contribution is 2.62. The summed E-state index contributed by atoms with van der Waals surface area (Å²) >= 11 is 0. The number of aliphatic hydroxyl groups excluding tert-OH is 2. The summed E-state index contributed by atoms with van der Waals surface area (Å²) in [6.07, 6.45) is 33.2. The summed E-state index contributed by atoms with van der Waals surface area (Å²) in [6, 6.07) is 0. The second kappa shape index (κ2) is 18.8. The lowest BCUT2D eigenvalue weighted by atomic mass is 9.61. The Morgan fingerprint density at radius 3 is 1.29 bits per heavy atom. The van der Waals surface area contributed by atoms with E-state index in [2.05, 4.69) is 91.8 Å². The van der Waals surface area contributed by atoms with E-state index < -0.39 is 19.7 Å². The quantitative estimate of drug-likeness (QED) is 0.211. The molecule has 6 nitrogen and oxygen atoms in total. The molecule has 0 aromatic heterocycles. The Labute approximate surface area is 401 Å². The summed E-state index contributed by atoms with van der Waals surface area (Å²) < 4.78 is 53.2. The number of sulfone groups is 2. The first-order valence-corrected chi connectivity index (χ1v) is 30.6. The summed E-state index contributed by atoms with van der Waals surface area (Å²) in [4.78, 5) is 0. The molecular formula is C58H88O6S2. The number of hydrogen-bond donors (Lipinski definition) is 2. The predicted octanol–water partition coefficient (Wildman–Crippen LogP) is 12.5. The fourth-order valence-electron chi connectivity index (χ4n) is 16.5. The van der Waals surface area contributed by atoms with Crippen LogP contribution in [0.4, 0.5) is 0 Å². The van der Waals surface area contributed by atoms with Crippen molar-refractivity contribution in [1.82, 2.24) is 0 Å². The Morgan fingerprint density at radius 1 is 0.545 bits per heavy atom. The van der Waals surface area contributed by atoms with E-state index >= 15 is 0 Å². The van der Waals surface area contributed by atoms with E-state index in [4.69, 9.17) is 0 Å². The first-order valence-electron chi connectivity index (χ1n) is 27.2. The van der Waals surface area contributed by atoms with Crippen LogP contribution < -0.4 is 0 Å². The maximum absolute atomic E-state index is 13.3. The molecule has 0 amide bonds. The molecule has 16 atom stereocenters. The SMILES string of the molecule is C[C@@H]1CC2=C(CS(=O)(=O)[C@@H]2/C=C2\CCC[C@@]3(C)[C@H]2CC[C@H]3[C@H](C)/C=C/[C@@H](O)C2CC2)[C@@H](C)C1.C[C@@H]1CC2=C(CS(=O)(=O)[C@H]2/C=C2\CCC[C@@]3(C)[C@H]2CC[C@H]3[C@H](C)/C=C/[C@@H](O)C2CC2)[C@@H](C)C1. The van der Waals surface area contributed by atoms with Crippen LogP contribution in [0.1, 0.15) is 171 Å².